The van der Waals surface area contributed by atoms with E-state index in [9.17, 15) is 0 Å². The fourth-order valence-corrected chi connectivity index (χ4v) is 3.82. The van der Waals surface area contributed by atoms with Gasteiger partial charge >= 0.3 is 0 Å². The Bertz CT molecular complexity index is 1060. The van der Waals surface area contributed by atoms with E-state index < -0.39 is 0 Å². The predicted octanol–water partition coefficient (Wildman–Crippen LogP) is 7.51. The molecule has 0 N–H and O–H groups in total. The highest BCUT2D eigenvalue weighted by molar-refractivity contribution is 5.86. The molecule has 0 saturated carbocycles. The van der Waals surface area contributed by atoms with Crippen LogP contribution < -0.4 is 0 Å². The Hall–Kier alpha value is -3.26. The third kappa shape index (κ3) is 3.71. The van der Waals surface area contributed by atoms with Crippen LogP contribution in [-0.4, -0.2) is 9.13 Å². The largest absolute Gasteiger partial charge is 0.344 e. The molecule has 2 aromatic rings. The second-order valence-corrected chi connectivity index (χ2v) is 6.92. The first kappa shape index (κ1) is 22.0. The summed E-state index contributed by atoms with van der Waals surface area (Å²) in [5.41, 5.74) is 9.78. The van der Waals surface area contributed by atoms with E-state index in [1.54, 1.807) is 6.08 Å². The molecule has 0 spiro atoms. The normalized spacial score (nSPS) is 11.8. The minimum Gasteiger partial charge on any atom is -0.344 e. The van der Waals surface area contributed by atoms with Crippen LogP contribution in [0, 0.1) is 13.8 Å². The Morgan fingerprint density at radius 2 is 1.38 bits per heavy atom. The zero-order chi connectivity index (χ0) is 21.7. The van der Waals surface area contributed by atoms with Crippen molar-refractivity contribution in [2.45, 2.75) is 27.7 Å². The van der Waals surface area contributed by atoms with E-state index in [1.807, 2.05) is 38.2 Å². The molecule has 29 heavy (non-hydrogen) atoms. The molecule has 150 valence electrons. The van der Waals surface area contributed by atoms with Crippen molar-refractivity contribution in [2.75, 3.05) is 0 Å². The minimum absolute atomic E-state index is 0.897. The average molecular weight is 385 g/mol. The topological polar surface area (TPSA) is 9.86 Å². The third-order valence-corrected chi connectivity index (χ3v) is 5.33. The fourth-order valence-electron chi connectivity index (χ4n) is 3.82. The molecule has 0 aliphatic rings. The van der Waals surface area contributed by atoms with Gasteiger partial charge in [0.2, 0.25) is 0 Å². The van der Waals surface area contributed by atoms with E-state index in [0.29, 0.717) is 0 Å². The van der Waals surface area contributed by atoms with Gasteiger partial charge in [0.15, 0.2) is 0 Å². The molecule has 0 atom stereocenters. The summed E-state index contributed by atoms with van der Waals surface area (Å²) in [6, 6.07) is 0. The van der Waals surface area contributed by atoms with Gasteiger partial charge in [-0.25, -0.2) is 0 Å². The number of aromatic nitrogens is 2. The van der Waals surface area contributed by atoms with E-state index in [-0.39, 0.29) is 0 Å². The molecule has 0 aromatic carbocycles. The molecule has 0 radical (unpaired) electrons. The summed E-state index contributed by atoms with van der Waals surface area (Å²) in [6.07, 6.45) is 18.0. The first-order chi connectivity index (χ1) is 13.9. The highest BCUT2D eigenvalue weighted by Gasteiger charge is 2.23. The molecule has 2 nitrogen and oxygen atoms in total. The van der Waals surface area contributed by atoms with E-state index in [1.165, 1.54) is 11.1 Å². The second-order valence-electron chi connectivity index (χ2n) is 6.92. The lowest BCUT2D eigenvalue weighted by Crippen LogP contribution is -2.05. The van der Waals surface area contributed by atoms with E-state index >= 15 is 0 Å². The number of hydrogen-bond acceptors (Lipinski definition) is 0. The van der Waals surface area contributed by atoms with Crippen molar-refractivity contribution in [1.29, 1.82) is 0 Å². The molecule has 2 aromatic heterocycles. The zero-order valence-electron chi connectivity index (χ0n) is 18.4. The van der Waals surface area contributed by atoms with Crippen LogP contribution >= 0.6 is 0 Å². The number of rotatable bonds is 8. The van der Waals surface area contributed by atoms with Crippen molar-refractivity contribution in [3.63, 3.8) is 0 Å². The van der Waals surface area contributed by atoms with Crippen molar-refractivity contribution in [2.24, 2.45) is 7.05 Å². The van der Waals surface area contributed by atoms with Crippen LogP contribution in [0.15, 0.2) is 50.6 Å². The highest BCUT2D eigenvalue weighted by atomic mass is 15.0. The summed E-state index contributed by atoms with van der Waals surface area (Å²) < 4.78 is 4.38. The van der Waals surface area contributed by atoms with Gasteiger partial charge in [-0.05, 0) is 63.1 Å². The van der Waals surface area contributed by atoms with Crippen LogP contribution in [0.3, 0.4) is 0 Å². The quantitative estimate of drug-likeness (QED) is 0.417. The van der Waals surface area contributed by atoms with E-state index in [2.05, 4.69) is 80.6 Å². The van der Waals surface area contributed by atoms with Crippen LogP contribution in [0.25, 0.3) is 36.1 Å². The maximum absolute atomic E-state index is 4.53. The molecule has 0 amide bonds. The molecule has 0 aliphatic heterocycles. The van der Waals surface area contributed by atoms with Crippen LogP contribution in [0.2, 0.25) is 0 Å². The number of hydrogen-bond donors (Lipinski definition) is 0. The SMILES string of the molecule is C=C/C=C\c1c(C)c(C)c(C=C)n1C(=C)c1c(C=C)c(/C=C\C)n(C)c1/C=C\C. The molecule has 0 bridgehead atoms. The molecular formula is C27H32N2. The average Bonchev–Trinajstić information content (AvgIpc) is 3.11. The Morgan fingerprint density at radius 3 is 1.90 bits per heavy atom. The first-order valence-corrected chi connectivity index (χ1v) is 9.82. The summed E-state index contributed by atoms with van der Waals surface area (Å²) in [5, 5.41) is 0. The Labute approximate surface area is 175 Å². The van der Waals surface area contributed by atoms with Crippen molar-refractivity contribution in [3.05, 3.63) is 95.6 Å². The summed E-state index contributed by atoms with van der Waals surface area (Å²) in [5.74, 6) is 0. The van der Waals surface area contributed by atoms with E-state index in [0.717, 1.165) is 39.6 Å². The predicted molar refractivity (Wildman–Crippen MR) is 133 cm³/mol. The van der Waals surface area contributed by atoms with Gasteiger partial charge in [0.05, 0.1) is 5.69 Å². The summed E-state index contributed by atoms with van der Waals surface area (Å²) in [4.78, 5) is 0. The smallest absolute Gasteiger partial charge is 0.0506 e. The van der Waals surface area contributed by atoms with Crippen molar-refractivity contribution < 1.29 is 0 Å². The van der Waals surface area contributed by atoms with Crippen LogP contribution in [-0.2, 0) is 7.05 Å². The fraction of sp³-hybridized carbons (Fsp3) is 0.185. The monoisotopic (exact) mass is 384 g/mol. The first-order valence-electron chi connectivity index (χ1n) is 9.82. The van der Waals surface area contributed by atoms with Crippen LogP contribution in [0.4, 0.5) is 0 Å². The number of allylic oxidation sites excluding steroid dienone is 4. The maximum atomic E-state index is 4.53. The Balaban J connectivity index is 2.96. The van der Waals surface area contributed by atoms with Gasteiger partial charge in [0, 0.05) is 41.0 Å². The van der Waals surface area contributed by atoms with Crippen molar-refractivity contribution >= 4 is 36.1 Å². The minimum atomic E-state index is 0.897. The second kappa shape index (κ2) is 9.29. The lowest BCUT2D eigenvalue weighted by molar-refractivity contribution is 0.898. The summed E-state index contributed by atoms with van der Waals surface area (Å²) in [6.45, 7) is 24.8. The van der Waals surface area contributed by atoms with Crippen LogP contribution in [0.1, 0.15) is 58.9 Å². The van der Waals surface area contributed by atoms with Crippen molar-refractivity contribution in [1.82, 2.24) is 9.13 Å². The lowest BCUT2D eigenvalue weighted by Gasteiger charge is -2.15. The van der Waals surface area contributed by atoms with Gasteiger partial charge in [0.1, 0.15) is 0 Å². The molecule has 0 unspecified atom stereocenters. The summed E-state index contributed by atoms with van der Waals surface area (Å²) in [7, 11) is 2.08. The Morgan fingerprint density at radius 1 is 0.793 bits per heavy atom. The zero-order valence-corrected chi connectivity index (χ0v) is 18.4. The number of nitrogens with zero attached hydrogens (tertiary/aromatic N) is 2. The molecular weight excluding hydrogens is 352 g/mol. The van der Waals surface area contributed by atoms with Gasteiger partial charge in [-0.15, -0.1) is 0 Å². The highest BCUT2D eigenvalue weighted by Crippen LogP contribution is 2.36. The standard InChI is InChI=1S/C27H32N2/c1-10-15-18-24-20(7)19(6)23(14-5)29(24)21(8)27-22(13-4)25(16-11-2)28(9)26(27)17-12-3/h10-18H,1,4-5,8H2,2-3,6-7,9H3/b16-11-,17-12-,18-15-. The molecule has 0 aliphatic carbocycles. The molecule has 2 rings (SSSR count). The molecule has 0 fully saturated rings. The molecule has 0 saturated heterocycles. The molecule has 2 heteroatoms. The van der Waals surface area contributed by atoms with Gasteiger partial charge < -0.3 is 9.13 Å². The van der Waals surface area contributed by atoms with Crippen molar-refractivity contribution in [3.8, 4) is 0 Å². The maximum Gasteiger partial charge on any atom is 0.0506 e. The van der Waals surface area contributed by atoms with Gasteiger partial charge in [-0.3, -0.25) is 0 Å². The summed E-state index contributed by atoms with van der Waals surface area (Å²) >= 11 is 0. The van der Waals surface area contributed by atoms with Gasteiger partial charge in [-0.1, -0.05) is 56.7 Å². The van der Waals surface area contributed by atoms with Gasteiger partial charge in [0.25, 0.3) is 0 Å². The molecule has 2 heterocycles. The van der Waals surface area contributed by atoms with Gasteiger partial charge in [-0.2, -0.15) is 0 Å². The van der Waals surface area contributed by atoms with Crippen LogP contribution in [0.5, 0.6) is 0 Å². The third-order valence-electron chi connectivity index (χ3n) is 5.33. The lowest BCUT2D eigenvalue weighted by atomic mass is 10.0. The van der Waals surface area contributed by atoms with E-state index in [4.69, 9.17) is 0 Å². The Kier molecular flexibility index (Phi) is 7.06.